The molecule has 20 heavy (non-hydrogen) atoms. The van der Waals surface area contributed by atoms with Crippen LogP contribution < -0.4 is 5.32 Å². The Hall–Kier alpha value is -2.16. The van der Waals surface area contributed by atoms with E-state index in [9.17, 15) is 9.18 Å². The van der Waals surface area contributed by atoms with Crippen molar-refractivity contribution in [2.75, 3.05) is 5.32 Å². The van der Waals surface area contributed by atoms with Crippen LogP contribution in [-0.4, -0.2) is 5.91 Å². The van der Waals surface area contributed by atoms with Gasteiger partial charge in [0, 0.05) is 16.8 Å². The average Bonchev–Trinajstić information content (AvgIpc) is 2.65. The van der Waals surface area contributed by atoms with Crippen molar-refractivity contribution in [1.82, 2.24) is 0 Å². The Labute approximate surface area is 118 Å². The Kier molecular flexibility index (Phi) is 3.89. The predicted octanol–water partition coefficient (Wildman–Crippen LogP) is 4.46. The number of carbonyl (C=O) groups is 1. The fraction of sp³-hybridized carbons (Fsp3) is 0.235. The van der Waals surface area contributed by atoms with E-state index < -0.39 is 0 Å². The molecule has 1 aromatic rings. The fourth-order valence-electron chi connectivity index (χ4n) is 2.18. The highest BCUT2D eigenvalue weighted by atomic mass is 19.1. The fourth-order valence-corrected chi connectivity index (χ4v) is 2.18. The minimum atomic E-state index is -0.339. The molecule has 0 radical (unpaired) electrons. The largest absolute Gasteiger partial charge is 0.321 e. The van der Waals surface area contributed by atoms with Crippen LogP contribution in [0.1, 0.15) is 33.3 Å². The van der Waals surface area contributed by atoms with Gasteiger partial charge in [-0.15, -0.1) is 0 Å². The van der Waals surface area contributed by atoms with Crippen molar-refractivity contribution in [3.63, 3.8) is 0 Å². The van der Waals surface area contributed by atoms with Gasteiger partial charge in [-0.3, -0.25) is 4.79 Å². The molecule has 1 aromatic carbocycles. The molecule has 1 amide bonds. The zero-order chi connectivity index (χ0) is 14.9. The molecule has 104 valence electrons. The Morgan fingerprint density at radius 1 is 1.15 bits per heavy atom. The van der Waals surface area contributed by atoms with Crippen molar-refractivity contribution >= 4 is 17.2 Å². The number of nitrogens with one attached hydrogen (secondary N) is 1. The van der Waals surface area contributed by atoms with Crippen LogP contribution in [0.3, 0.4) is 0 Å². The highest BCUT2D eigenvalue weighted by molar-refractivity contribution is 6.31. The van der Waals surface area contributed by atoms with E-state index >= 15 is 0 Å². The number of anilines is 1. The number of hydrogen-bond acceptors (Lipinski definition) is 1. The molecule has 0 saturated carbocycles. The molecule has 2 rings (SSSR count). The van der Waals surface area contributed by atoms with Crippen molar-refractivity contribution in [2.24, 2.45) is 0 Å². The van der Waals surface area contributed by atoms with Gasteiger partial charge in [-0.1, -0.05) is 11.6 Å². The number of fused-ring (bicyclic) bond motifs is 1. The van der Waals surface area contributed by atoms with Crippen LogP contribution in [0, 0.1) is 5.82 Å². The number of halogens is 1. The zero-order valence-electron chi connectivity index (χ0n) is 12.2. The molecule has 0 bridgehead atoms. The highest BCUT2D eigenvalue weighted by Crippen LogP contribution is 2.33. The van der Waals surface area contributed by atoms with Crippen LogP contribution in [0.15, 0.2) is 47.1 Å². The molecule has 0 atom stereocenters. The summed E-state index contributed by atoms with van der Waals surface area (Å²) >= 11 is 0. The van der Waals surface area contributed by atoms with Crippen molar-refractivity contribution in [3.05, 3.63) is 58.5 Å². The summed E-state index contributed by atoms with van der Waals surface area (Å²) in [4.78, 5) is 12.0. The maximum Gasteiger partial charge on any atom is 0.256 e. The lowest BCUT2D eigenvalue weighted by Gasteiger charge is -2.02. The lowest BCUT2D eigenvalue weighted by atomic mass is 10.0. The van der Waals surface area contributed by atoms with Gasteiger partial charge in [0.25, 0.3) is 5.91 Å². The van der Waals surface area contributed by atoms with Crippen molar-refractivity contribution in [2.45, 2.75) is 27.7 Å². The van der Waals surface area contributed by atoms with Crippen LogP contribution in [0.2, 0.25) is 0 Å². The van der Waals surface area contributed by atoms with Gasteiger partial charge in [0.2, 0.25) is 0 Å². The molecule has 1 N–H and O–H groups in total. The first-order valence-electron chi connectivity index (χ1n) is 6.54. The van der Waals surface area contributed by atoms with Crippen LogP contribution in [0.4, 0.5) is 10.1 Å². The molecular formula is C17H18FNO. The van der Waals surface area contributed by atoms with Gasteiger partial charge in [0.05, 0.1) is 0 Å². The van der Waals surface area contributed by atoms with Crippen LogP contribution in [0.5, 0.6) is 0 Å². The van der Waals surface area contributed by atoms with Gasteiger partial charge < -0.3 is 5.32 Å². The normalized spacial score (nSPS) is 16.6. The van der Waals surface area contributed by atoms with Gasteiger partial charge in [-0.2, -0.15) is 0 Å². The van der Waals surface area contributed by atoms with E-state index in [0.717, 1.165) is 11.1 Å². The van der Waals surface area contributed by atoms with Crippen LogP contribution in [-0.2, 0) is 4.79 Å². The molecule has 0 fully saturated rings. The predicted molar refractivity (Wildman–Crippen MR) is 80.8 cm³/mol. The van der Waals surface area contributed by atoms with Gasteiger partial charge in [-0.25, -0.2) is 4.39 Å². The van der Waals surface area contributed by atoms with Crippen LogP contribution >= 0.6 is 0 Å². The van der Waals surface area contributed by atoms with E-state index in [1.165, 1.54) is 17.7 Å². The third kappa shape index (κ3) is 2.87. The first-order chi connectivity index (χ1) is 9.38. The standard InChI is InChI=1S/C17H18FNO/c1-10(2)7-11(3)12(4)8-15-14-9-13(18)5-6-16(14)19-17(15)20/h5-9H,1-4H3,(H,19,20)/b12-11+,15-8-. The summed E-state index contributed by atoms with van der Waals surface area (Å²) in [6.07, 6.45) is 3.88. The quantitative estimate of drug-likeness (QED) is 0.624. The minimum Gasteiger partial charge on any atom is -0.321 e. The first-order valence-corrected chi connectivity index (χ1v) is 6.54. The lowest BCUT2D eigenvalue weighted by Crippen LogP contribution is -2.03. The number of hydrogen-bond donors (Lipinski definition) is 1. The molecule has 0 aliphatic carbocycles. The van der Waals surface area contributed by atoms with E-state index in [0.29, 0.717) is 16.8 Å². The number of amides is 1. The Bertz CT molecular complexity index is 662. The second kappa shape index (κ2) is 5.45. The second-order valence-corrected chi connectivity index (χ2v) is 5.29. The summed E-state index contributed by atoms with van der Waals surface area (Å²) in [5.41, 5.74) is 5.08. The van der Waals surface area contributed by atoms with Gasteiger partial charge in [0.15, 0.2) is 0 Å². The Morgan fingerprint density at radius 2 is 1.85 bits per heavy atom. The Balaban J connectivity index is 2.49. The second-order valence-electron chi connectivity index (χ2n) is 5.29. The molecule has 0 saturated heterocycles. The molecule has 0 unspecified atom stereocenters. The number of rotatable bonds is 2. The monoisotopic (exact) mass is 271 g/mol. The average molecular weight is 271 g/mol. The molecule has 1 heterocycles. The van der Waals surface area contributed by atoms with E-state index in [1.54, 1.807) is 6.07 Å². The number of allylic oxidation sites excluding steroid dienone is 5. The Morgan fingerprint density at radius 3 is 2.50 bits per heavy atom. The zero-order valence-corrected chi connectivity index (χ0v) is 12.2. The summed E-state index contributed by atoms with van der Waals surface area (Å²) in [7, 11) is 0. The third-order valence-corrected chi connectivity index (χ3v) is 3.25. The topological polar surface area (TPSA) is 29.1 Å². The van der Waals surface area contributed by atoms with Gasteiger partial charge in [-0.05, 0) is 63.1 Å². The maximum atomic E-state index is 13.3. The lowest BCUT2D eigenvalue weighted by molar-refractivity contribution is -0.110. The summed E-state index contributed by atoms with van der Waals surface area (Å²) in [6.45, 7) is 8.00. The molecule has 2 nitrogen and oxygen atoms in total. The molecule has 0 spiro atoms. The van der Waals surface area contributed by atoms with Crippen LogP contribution in [0.25, 0.3) is 5.57 Å². The molecule has 0 aromatic heterocycles. The third-order valence-electron chi connectivity index (χ3n) is 3.25. The number of benzene rings is 1. The summed E-state index contributed by atoms with van der Waals surface area (Å²) in [5, 5.41) is 2.75. The van der Waals surface area contributed by atoms with E-state index in [4.69, 9.17) is 0 Å². The molecule has 1 aliphatic heterocycles. The SMILES string of the molecule is CC(C)=C/C(C)=C(C)/C=C1\C(=O)Nc2ccc(F)cc21. The smallest absolute Gasteiger partial charge is 0.256 e. The summed E-state index contributed by atoms with van der Waals surface area (Å²) in [5.74, 6) is -0.524. The number of carbonyl (C=O) groups excluding carboxylic acids is 1. The van der Waals surface area contributed by atoms with Crippen molar-refractivity contribution < 1.29 is 9.18 Å². The van der Waals surface area contributed by atoms with E-state index in [-0.39, 0.29) is 11.7 Å². The summed E-state index contributed by atoms with van der Waals surface area (Å²) < 4.78 is 13.3. The summed E-state index contributed by atoms with van der Waals surface area (Å²) in [6, 6.07) is 4.33. The van der Waals surface area contributed by atoms with Crippen molar-refractivity contribution in [1.29, 1.82) is 0 Å². The van der Waals surface area contributed by atoms with Crippen molar-refractivity contribution in [3.8, 4) is 0 Å². The molecule has 1 aliphatic rings. The first kappa shape index (κ1) is 14.3. The van der Waals surface area contributed by atoms with Gasteiger partial charge >= 0.3 is 0 Å². The highest BCUT2D eigenvalue weighted by Gasteiger charge is 2.24. The molecule has 3 heteroatoms. The van der Waals surface area contributed by atoms with E-state index in [1.807, 2.05) is 33.8 Å². The molecular weight excluding hydrogens is 253 g/mol. The minimum absolute atomic E-state index is 0.185. The maximum absolute atomic E-state index is 13.3. The van der Waals surface area contributed by atoms with Gasteiger partial charge in [0.1, 0.15) is 5.82 Å². The van der Waals surface area contributed by atoms with E-state index in [2.05, 4.69) is 11.4 Å².